The normalized spacial score (nSPS) is 10.7. The Balaban J connectivity index is 2.24. The van der Waals surface area contributed by atoms with Crippen LogP contribution in [0.5, 0.6) is 0 Å². The van der Waals surface area contributed by atoms with E-state index in [1.54, 1.807) is 36.7 Å². The van der Waals surface area contributed by atoms with Crippen LogP contribution in [0.2, 0.25) is 0 Å². The first kappa shape index (κ1) is 12.8. The smallest absolute Gasteiger partial charge is 0.230 e. The van der Waals surface area contributed by atoms with Gasteiger partial charge in [-0.3, -0.25) is 4.98 Å². The van der Waals surface area contributed by atoms with Crippen molar-refractivity contribution in [3.8, 4) is 22.4 Å². The standard InChI is InChI=1S/C14H9BrFN3O/c15-10-5-1-4-9(12(10)16)13-11(14(17)20-19-13)8-3-2-6-18-7-8/h1-7H,17H2. The van der Waals surface area contributed by atoms with Crippen LogP contribution in [0.4, 0.5) is 10.3 Å². The van der Waals surface area contributed by atoms with Gasteiger partial charge in [0.15, 0.2) is 0 Å². The number of benzene rings is 1. The largest absolute Gasteiger partial charge is 0.367 e. The van der Waals surface area contributed by atoms with Crippen molar-refractivity contribution in [1.29, 1.82) is 0 Å². The predicted molar refractivity (Wildman–Crippen MR) is 77.2 cm³/mol. The minimum Gasteiger partial charge on any atom is -0.367 e. The van der Waals surface area contributed by atoms with Gasteiger partial charge >= 0.3 is 0 Å². The molecule has 0 bridgehead atoms. The zero-order valence-electron chi connectivity index (χ0n) is 10.2. The number of pyridine rings is 1. The Kier molecular flexibility index (Phi) is 3.23. The topological polar surface area (TPSA) is 64.9 Å². The van der Waals surface area contributed by atoms with Crippen LogP contribution in [0.15, 0.2) is 51.7 Å². The maximum absolute atomic E-state index is 14.2. The lowest BCUT2D eigenvalue weighted by Crippen LogP contribution is -1.91. The zero-order valence-corrected chi connectivity index (χ0v) is 11.8. The second kappa shape index (κ2) is 5.05. The lowest BCUT2D eigenvalue weighted by atomic mass is 10.0. The van der Waals surface area contributed by atoms with Crippen LogP contribution in [-0.2, 0) is 0 Å². The summed E-state index contributed by atoms with van der Waals surface area (Å²) in [4.78, 5) is 4.03. The second-order valence-electron chi connectivity index (χ2n) is 4.11. The first-order valence-electron chi connectivity index (χ1n) is 5.78. The van der Waals surface area contributed by atoms with Crippen molar-refractivity contribution in [3.05, 3.63) is 53.0 Å². The Labute approximate surface area is 122 Å². The first-order valence-corrected chi connectivity index (χ1v) is 6.57. The molecule has 0 saturated heterocycles. The first-order chi connectivity index (χ1) is 9.68. The molecule has 0 radical (unpaired) electrons. The molecule has 6 heteroatoms. The number of nitrogens with zero attached hydrogens (tertiary/aromatic N) is 2. The van der Waals surface area contributed by atoms with Crippen molar-refractivity contribution in [2.45, 2.75) is 0 Å². The molecule has 0 atom stereocenters. The molecular formula is C14H9BrFN3O. The van der Waals surface area contributed by atoms with Gasteiger partial charge in [-0.25, -0.2) is 4.39 Å². The average molecular weight is 334 g/mol. The van der Waals surface area contributed by atoms with E-state index in [1.807, 2.05) is 6.07 Å². The highest BCUT2D eigenvalue weighted by atomic mass is 79.9. The average Bonchev–Trinajstić information content (AvgIpc) is 2.84. The van der Waals surface area contributed by atoms with Gasteiger partial charge in [0.2, 0.25) is 5.88 Å². The number of aromatic nitrogens is 2. The van der Waals surface area contributed by atoms with Gasteiger partial charge < -0.3 is 10.3 Å². The third-order valence-corrected chi connectivity index (χ3v) is 3.49. The van der Waals surface area contributed by atoms with Crippen molar-refractivity contribution in [2.75, 3.05) is 5.73 Å². The fourth-order valence-corrected chi connectivity index (χ4v) is 2.33. The fraction of sp³-hybridized carbons (Fsp3) is 0. The number of nitrogens with two attached hydrogens (primary N) is 1. The summed E-state index contributed by atoms with van der Waals surface area (Å²) < 4.78 is 19.6. The molecule has 0 aliphatic carbocycles. The molecule has 3 aromatic rings. The quantitative estimate of drug-likeness (QED) is 0.772. The zero-order chi connectivity index (χ0) is 14.1. The summed E-state index contributed by atoms with van der Waals surface area (Å²) in [6.45, 7) is 0. The van der Waals surface area contributed by atoms with Crippen LogP contribution in [0, 0.1) is 5.82 Å². The van der Waals surface area contributed by atoms with Gasteiger partial charge in [-0.15, -0.1) is 0 Å². The van der Waals surface area contributed by atoms with E-state index < -0.39 is 5.82 Å². The molecule has 0 amide bonds. The highest BCUT2D eigenvalue weighted by Crippen LogP contribution is 2.37. The van der Waals surface area contributed by atoms with Gasteiger partial charge in [0, 0.05) is 23.5 Å². The molecule has 1 aromatic carbocycles. The maximum atomic E-state index is 14.2. The van der Waals surface area contributed by atoms with Crippen molar-refractivity contribution >= 4 is 21.8 Å². The summed E-state index contributed by atoms with van der Waals surface area (Å²) in [6, 6.07) is 8.54. The van der Waals surface area contributed by atoms with Crippen molar-refractivity contribution in [2.24, 2.45) is 0 Å². The molecule has 2 aromatic heterocycles. The molecule has 2 heterocycles. The van der Waals surface area contributed by atoms with E-state index in [1.165, 1.54) is 0 Å². The van der Waals surface area contributed by atoms with Crippen LogP contribution < -0.4 is 5.73 Å². The van der Waals surface area contributed by atoms with E-state index in [4.69, 9.17) is 10.3 Å². The Morgan fingerprint density at radius 3 is 2.80 bits per heavy atom. The van der Waals surface area contributed by atoms with Gasteiger partial charge in [0.05, 0.1) is 10.0 Å². The Morgan fingerprint density at radius 2 is 2.05 bits per heavy atom. The molecule has 0 unspecified atom stereocenters. The predicted octanol–water partition coefficient (Wildman–Crippen LogP) is 3.89. The lowest BCUT2D eigenvalue weighted by molar-refractivity contribution is 0.439. The molecule has 20 heavy (non-hydrogen) atoms. The Morgan fingerprint density at radius 1 is 1.20 bits per heavy atom. The van der Waals surface area contributed by atoms with Crippen LogP contribution >= 0.6 is 15.9 Å². The molecule has 2 N–H and O–H groups in total. The Hall–Kier alpha value is -2.21. The third kappa shape index (κ3) is 2.08. The summed E-state index contributed by atoms with van der Waals surface area (Å²) in [7, 11) is 0. The highest BCUT2D eigenvalue weighted by Gasteiger charge is 2.20. The van der Waals surface area contributed by atoms with E-state index in [0.717, 1.165) is 5.56 Å². The molecule has 0 spiro atoms. The number of anilines is 1. The molecule has 100 valence electrons. The number of hydrogen-bond acceptors (Lipinski definition) is 4. The number of nitrogen functional groups attached to an aromatic ring is 1. The van der Waals surface area contributed by atoms with Gasteiger partial charge in [-0.2, -0.15) is 0 Å². The molecular weight excluding hydrogens is 325 g/mol. The van der Waals surface area contributed by atoms with Crippen molar-refractivity contribution in [1.82, 2.24) is 10.1 Å². The van der Waals surface area contributed by atoms with Gasteiger partial charge in [-0.1, -0.05) is 17.3 Å². The van der Waals surface area contributed by atoms with Gasteiger partial charge in [-0.05, 0) is 34.1 Å². The van der Waals surface area contributed by atoms with Crippen molar-refractivity contribution in [3.63, 3.8) is 0 Å². The van der Waals surface area contributed by atoms with Crippen LogP contribution in [0.3, 0.4) is 0 Å². The van der Waals surface area contributed by atoms with Gasteiger partial charge in [0.25, 0.3) is 0 Å². The SMILES string of the molecule is Nc1onc(-c2cccc(Br)c2F)c1-c1cccnc1. The summed E-state index contributed by atoms with van der Waals surface area (Å²) >= 11 is 3.15. The van der Waals surface area contributed by atoms with Crippen LogP contribution in [0.25, 0.3) is 22.4 Å². The van der Waals surface area contributed by atoms with Crippen molar-refractivity contribution < 1.29 is 8.91 Å². The highest BCUT2D eigenvalue weighted by molar-refractivity contribution is 9.10. The second-order valence-corrected chi connectivity index (χ2v) is 4.97. The summed E-state index contributed by atoms with van der Waals surface area (Å²) in [5.41, 5.74) is 7.74. The summed E-state index contributed by atoms with van der Waals surface area (Å²) in [6.07, 6.45) is 3.27. The summed E-state index contributed by atoms with van der Waals surface area (Å²) in [5.74, 6) is -0.279. The molecule has 4 nitrogen and oxygen atoms in total. The van der Waals surface area contributed by atoms with E-state index in [-0.39, 0.29) is 5.88 Å². The molecule has 0 fully saturated rings. The minimum absolute atomic E-state index is 0.132. The monoisotopic (exact) mass is 333 g/mol. The third-order valence-electron chi connectivity index (χ3n) is 2.88. The number of hydrogen-bond donors (Lipinski definition) is 1. The summed E-state index contributed by atoms with van der Waals surface area (Å²) in [5, 5.41) is 3.88. The number of rotatable bonds is 2. The van der Waals surface area contributed by atoms with E-state index >= 15 is 0 Å². The number of halogens is 2. The Bertz CT molecular complexity index is 758. The molecule has 3 rings (SSSR count). The van der Waals surface area contributed by atoms with E-state index in [2.05, 4.69) is 26.1 Å². The van der Waals surface area contributed by atoms with Gasteiger partial charge in [0.1, 0.15) is 11.5 Å². The molecule has 0 aliphatic heterocycles. The maximum Gasteiger partial charge on any atom is 0.230 e. The minimum atomic E-state index is -0.411. The van der Waals surface area contributed by atoms with Crippen LogP contribution in [-0.4, -0.2) is 10.1 Å². The lowest BCUT2D eigenvalue weighted by Gasteiger charge is -2.04. The van der Waals surface area contributed by atoms with E-state index in [0.29, 0.717) is 21.3 Å². The fourth-order valence-electron chi connectivity index (χ4n) is 1.96. The molecule has 0 aliphatic rings. The van der Waals surface area contributed by atoms with E-state index in [9.17, 15) is 4.39 Å². The molecule has 0 saturated carbocycles. The van der Waals surface area contributed by atoms with Crippen LogP contribution in [0.1, 0.15) is 0 Å².